The molecule has 1 saturated heterocycles. The van der Waals surface area contributed by atoms with E-state index in [9.17, 15) is 5.11 Å². The molecule has 0 saturated carbocycles. The van der Waals surface area contributed by atoms with E-state index in [1.807, 2.05) is 0 Å². The van der Waals surface area contributed by atoms with Crippen molar-refractivity contribution in [1.82, 2.24) is 4.90 Å². The number of aliphatic hydroxyl groups is 1. The summed E-state index contributed by atoms with van der Waals surface area (Å²) in [6.45, 7) is 4.57. The van der Waals surface area contributed by atoms with Crippen molar-refractivity contribution < 1.29 is 5.11 Å². The molecule has 1 fully saturated rings. The predicted octanol–water partition coefficient (Wildman–Crippen LogP) is 2.34. The molecule has 2 heteroatoms. The number of hydrogen-bond donors (Lipinski definition) is 1. The van der Waals surface area contributed by atoms with Crippen LogP contribution in [0.5, 0.6) is 0 Å². The highest BCUT2D eigenvalue weighted by Gasteiger charge is 2.21. The summed E-state index contributed by atoms with van der Waals surface area (Å²) in [5, 5.41) is 9.37. The summed E-state index contributed by atoms with van der Waals surface area (Å²) < 4.78 is 0. The van der Waals surface area contributed by atoms with Gasteiger partial charge in [0, 0.05) is 12.6 Å². The lowest BCUT2D eigenvalue weighted by Crippen LogP contribution is -2.41. The number of hydrogen-bond acceptors (Lipinski definition) is 2. The molecule has 1 atom stereocenters. The van der Waals surface area contributed by atoms with E-state index in [4.69, 9.17) is 0 Å². The number of likely N-dealkylation sites (tertiary alicyclic amines) is 1. The molecule has 16 heavy (non-hydrogen) atoms. The molecule has 1 aliphatic rings. The molecule has 0 amide bonds. The quantitative estimate of drug-likeness (QED) is 0.843. The Morgan fingerprint density at radius 1 is 1.31 bits per heavy atom. The third kappa shape index (κ3) is 2.63. The van der Waals surface area contributed by atoms with Crippen molar-refractivity contribution in [3.05, 3.63) is 35.4 Å². The van der Waals surface area contributed by atoms with Crippen molar-refractivity contribution in [3.8, 4) is 0 Å². The van der Waals surface area contributed by atoms with Crippen molar-refractivity contribution in [2.75, 3.05) is 13.2 Å². The second-order valence-electron chi connectivity index (χ2n) is 4.73. The maximum Gasteiger partial charge on any atom is 0.0586 e. The van der Waals surface area contributed by atoms with Crippen LogP contribution >= 0.6 is 0 Å². The molecule has 1 aromatic carbocycles. The highest BCUT2D eigenvalue weighted by molar-refractivity contribution is 5.25. The Morgan fingerprint density at radius 2 is 2.12 bits per heavy atom. The maximum absolute atomic E-state index is 9.37. The molecule has 2 nitrogen and oxygen atoms in total. The Balaban J connectivity index is 2.05. The molecule has 0 spiro atoms. The van der Waals surface area contributed by atoms with Crippen LogP contribution in [-0.4, -0.2) is 29.2 Å². The van der Waals surface area contributed by atoms with Gasteiger partial charge in [0.05, 0.1) is 6.61 Å². The van der Waals surface area contributed by atoms with Crippen LogP contribution in [0.3, 0.4) is 0 Å². The minimum Gasteiger partial charge on any atom is -0.395 e. The fourth-order valence-electron chi connectivity index (χ4n) is 2.48. The molecule has 1 aliphatic heterocycles. The first-order chi connectivity index (χ1) is 7.81. The normalized spacial score (nSPS) is 22.2. The van der Waals surface area contributed by atoms with Gasteiger partial charge in [0.25, 0.3) is 0 Å². The monoisotopic (exact) mass is 219 g/mol. The average molecular weight is 219 g/mol. The lowest BCUT2D eigenvalue weighted by atomic mass is 10.0. The molecule has 0 aromatic heterocycles. The lowest BCUT2D eigenvalue weighted by Gasteiger charge is -2.34. The number of aliphatic hydroxyl groups excluding tert-OH is 1. The van der Waals surface area contributed by atoms with Gasteiger partial charge in [-0.2, -0.15) is 0 Å². The molecular formula is C14H21NO. The van der Waals surface area contributed by atoms with E-state index >= 15 is 0 Å². The zero-order valence-corrected chi connectivity index (χ0v) is 10.0. The Hall–Kier alpha value is -0.860. The molecule has 88 valence electrons. The first-order valence-corrected chi connectivity index (χ1v) is 6.20. The standard InChI is InChI=1S/C14H21NO/c1-12-6-2-3-7-13(12)10-15-9-5-4-8-14(15)11-16/h2-3,6-7,14,16H,4-5,8-11H2,1H3/t14-/m0/s1. The SMILES string of the molecule is Cc1ccccc1CN1CCCC[C@H]1CO. The van der Waals surface area contributed by atoms with E-state index in [0.717, 1.165) is 19.5 Å². The zero-order valence-electron chi connectivity index (χ0n) is 10.0. The molecule has 0 unspecified atom stereocenters. The van der Waals surface area contributed by atoms with Crippen LogP contribution in [0.2, 0.25) is 0 Å². The van der Waals surface area contributed by atoms with Crippen molar-refractivity contribution in [3.63, 3.8) is 0 Å². The van der Waals surface area contributed by atoms with E-state index in [1.54, 1.807) is 0 Å². The Labute approximate surface area is 97.9 Å². The molecule has 0 bridgehead atoms. The van der Waals surface area contributed by atoms with Crippen LogP contribution in [0, 0.1) is 6.92 Å². The van der Waals surface area contributed by atoms with E-state index in [0.29, 0.717) is 12.6 Å². The number of aryl methyl sites for hydroxylation is 1. The van der Waals surface area contributed by atoms with Gasteiger partial charge < -0.3 is 5.11 Å². The Morgan fingerprint density at radius 3 is 2.88 bits per heavy atom. The van der Waals surface area contributed by atoms with Gasteiger partial charge in [0.1, 0.15) is 0 Å². The van der Waals surface area contributed by atoms with Gasteiger partial charge in [-0.3, -0.25) is 4.90 Å². The smallest absolute Gasteiger partial charge is 0.0586 e. The average Bonchev–Trinajstić information content (AvgIpc) is 2.33. The van der Waals surface area contributed by atoms with E-state index in [-0.39, 0.29) is 0 Å². The van der Waals surface area contributed by atoms with E-state index in [1.165, 1.54) is 24.0 Å². The topological polar surface area (TPSA) is 23.5 Å². The predicted molar refractivity (Wildman–Crippen MR) is 66.3 cm³/mol. The summed E-state index contributed by atoms with van der Waals surface area (Å²) >= 11 is 0. The maximum atomic E-state index is 9.37. The molecule has 0 radical (unpaired) electrons. The minimum absolute atomic E-state index is 0.298. The Kier molecular flexibility index (Phi) is 3.97. The van der Waals surface area contributed by atoms with Gasteiger partial charge in [-0.1, -0.05) is 30.7 Å². The number of piperidine rings is 1. The molecule has 1 heterocycles. The van der Waals surface area contributed by atoms with E-state index in [2.05, 4.69) is 36.1 Å². The fourth-order valence-corrected chi connectivity index (χ4v) is 2.48. The van der Waals surface area contributed by atoms with Crippen LogP contribution in [0.15, 0.2) is 24.3 Å². The molecule has 1 aromatic rings. The summed E-state index contributed by atoms with van der Waals surface area (Å²) in [7, 11) is 0. The summed E-state index contributed by atoms with van der Waals surface area (Å²) in [6.07, 6.45) is 3.67. The van der Waals surface area contributed by atoms with Gasteiger partial charge in [-0.15, -0.1) is 0 Å². The summed E-state index contributed by atoms with van der Waals surface area (Å²) in [4.78, 5) is 2.42. The second-order valence-corrected chi connectivity index (χ2v) is 4.73. The van der Waals surface area contributed by atoms with Gasteiger partial charge in [0.15, 0.2) is 0 Å². The number of nitrogens with zero attached hydrogens (tertiary/aromatic N) is 1. The van der Waals surface area contributed by atoms with Crippen molar-refractivity contribution in [2.45, 2.75) is 38.8 Å². The van der Waals surface area contributed by atoms with Gasteiger partial charge in [-0.25, -0.2) is 0 Å². The largest absolute Gasteiger partial charge is 0.395 e. The van der Waals surface area contributed by atoms with Gasteiger partial charge in [-0.05, 0) is 37.4 Å². The number of rotatable bonds is 3. The van der Waals surface area contributed by atoms with Gasteiger partial charge in [0.2, 0.25) is 0 Å². The first kappa shape index (κ1) is 11.6. The van der Waals surface area contributed by atoms with Crippen molar-refractivity contribution >= 4 is 0 Å². The molecule has 2 rings (SSSR count). The van der Waals surface area contributed by atoms with Crippen LogP contribution < -0.4 is 0 Å². The van der Waals surface area contributed by atoms with Crippen LogP contribution in [-0.2, 0) is 6.54 Å². The summed E-state index contributed by atoms with van der Waals surface area (Å²) in [6, 6.07) is 8.90. The fraction of sp³-hybridized carbons (Fsp3) is 0.571. The van der Waals surface area contributed by atoms with Crippen molar-refractivity contribution in [1.29, 1.82) is 0 Å². The second kappa shape index (κ2) is 5.46. The van der Waals surface area contributed by atoms with Crippen LogP contribution in [0.4, 0.5) is 0 Å². The third-order valence-corrected chi connectivity index (χ3v) is 3.59. The lowest BCUT2D eigenvalue weighted by molar-refractivity contribution is 0.0840. The number of benzene rings is 1. The van der Waals surface area contributed by atoms with E-state index < -0.39 is 0 Å². The Bertz CT molecular complexity index is 337. The van der Waals surface area contributed by atoms with Crippen molar-refractivity contribution in [2.24, 2.45) is 0 Å². The summed E-state index contributed by atoms with van der Waals surface area (Å²) in [5.74, 6) is 0. The molecule has 0 aliphatic carbocycles. The molecular weight excluding hydrogens is 198 g/mol. The highest BCUT2D eigenvalue weighted by atomic mass is 16.3. The van der Waals surface area contributed by atoms with Crippen LogP contribution in [0.1, 0.15) is 30.4 Å². The van der Waals surface area contributed by atoms with Gasteiger partial charge >= 0.3 is 0 Å². The van der Waals surface area contributed by atoms with Crippen LogP contribution in [0.25, 0.3) is 0 Å². The zero-order chi connectivity index (χ0) is 11.4. The first-order valence-electron chi connectivity index (χ1n) is 6.20. The molecule has 1 N–H and O–H groups in total. The third-order valence-electron chi connectivity index (χ3n) is 3.59. The minimum atomic E-state index is 0.298. The highest BCUT2D eigenvalue weighted by Crippen LogP contribution is 2.20. The summed E-state index contributed by atoms with van der Waals surface area (Å²) in [5.41, 5.74) is 2.74.